The fourth-order valence-electron chi connectivity index (χ4n) is 7.25. The summed E-state index contributed by atoms with van der Waals surface area (Å²) in [6, 6.07) is 36.4. The molecule has 0 radical (unpaired) electrons. The Balaban J connectivity index is 0.000000148. The number of nitrogens with zero attached hydrogens (tertiary/aromatic N) is 4. The molecule has 2 aromatic heterocycles. The maximum absolute atomic E-state index is 11.6. The largest absolute Gasteiger partial charge is 0.371 e. The Labute approximate surface area is 307 Å². The molecule has 1 spiro atoms. The fourth-order valence-corrected chi connectivity index (χ4v) is 7.50. The molecule has 5 heterocycles. The number of rotatable bonds is 4. The number of anilines is 2. The number of hydrogen-bond donors (Lipinski definition) is 0. The molecule has 51 heavy (non-hydrogen) atoms. The van der Waals surface area contributed by atoms with Crippen molar-refractivity contribution in [3.8, 4) is 22.5 Å². The molecule has 258 valence electrons. The van der Waals surface area contributed by atoms with E-state index in [9.17, 15) is 4.79 Å². The van der Waals surface area contributed by atoms with E-state index in [1.54, 1.807) is 0 Å². The van der Waals surface area contributed by atoms with Crippen molar-refractivity contribution in [3.63, 3.8) is 0 Å². The summed E-state index contributed by atoms with van der Waals surface area (Å²) in [6.07, 6.45) is 3.01. The molecule has 0 bridgehead atoms. The summed E-state index contributed by atoms with van der Waals surface area (Å²) in [5, 5.41) is 3.76. The minimum absolute atomic E-state index is 0.350. The Kier molecular flexibility index (Phi) is 9.62. The first-order valence-electron chi connectivity index (χ1n) is 17.5. The summed E-state index contributed by atoms with van der Waals surface area (Å²) in [4.78, 5) is 26.0. The highest BCUT2D eigenvalue weighted by Gasteiger charge is 2.40. The zero-order valence-corrected chi connectivity index (χ0v) is 29.7. The number of carbonyl (C=O) groups excluding carboxylic acids is 1. The molecule has 0 amide bonds. The summed E-state index contributed by atoms with van der Waals surface area (Å²) in [5.41, 5.74) is 8.36. The number of carbonyl (C=O) groups is 1. The van der Waals surface area contributed by atoms with Crippen LogP contribution in [0.15, 0.2) is 109 Å². The average molecular weight is 718 g/mol. The monoisotopic (exact) mass is 716 g/mol. The van der Waals surface area contributed by atoms with Gasteiger partial charge in [0.2, 0.25) is 0 Å². The van der Waals surface area contributed by atoms with Crippen molar-refractivity contribution < 1.29 is 14.3 Å². The van der Waals surface area contributed by atoms with Crippen molar-refractivity contribution in [3.05, 3.63) is 119 Å². The van der Waals surface area contributed by atoms with Gasteiger partial charge < -0.3 is 19.3 Å². The number of piperidine rings is 2. The normalized spacial score (nSPS) is 17.2. The minimum atomic E-state index is -0.363. The van der Waals surface area contributed by atoms with Crippen LogP contribution in [-0.2, 0) is 14.3 Å². The van der Waals surface area contributed by atoms with Gasteiger partial charge in [-0.3, -0.25) is 4.79 Å². The minimum Gasteiger partial charge on any atom is -0.371 e. The quantitative estimate of drug-likeness (QED) is 0.180. The molecule has 3 aliphatic heterocycles. The third-order valence-electron chi connectivity index (χ3n) is 10.0. The van der Waals surface area contributed by atoms with Crippen LogP contribution in [0.1, 0.15) is 25.7 Å². The van der Waals surface area contributed by atoms with Crippen molar-refractivity contribution in [2.45, 2.75) is 31.5 Å². The number of halogens is 2. The van der Waals surface area contributed by atoms with E-state index >= 15 is 0 Å². The topological polar surface area (TPSA) is 67.8 Å². The Morgan fingerprint density at radius 2 is 1.00 bits per heavy atom. The number of para-hydroxylation sites is 2. The van der Waals surface area contributed by atoms with Crippen LogP contribution >= 0.6 is 23.2 Å². The maximum Gasteiger partial charge on any atom is 0.171 e. The number of hydrogen-bond acceptors (Lipinski definition) is 7. The Morgan fingerprint density at radius 3 is 1.47 bits per heavy atom. The molecule has 4 aromatic carbocycles. The molecule has 9 heteroatoms. The van der Waals surface area contributed by atoms with Gasteiger partial charge >= 0.3 is 0 Å². The Morgan fingerprint density at radius 1 is 0.569 bits per heavy atom. The first-order valence-corrected chi connectivity index (χ1v) is 18.3. The van der Waals surface area contributed by atoms with Crippen LogP contribution in [0, 0.1) is 0 Å². The first-order chi connectivity index (χ1) is 24.9. The molecule has 3 aliphatic rings. The van der Waals surface area contributed by atoms with Gasteiger partial charge in [0.25, 0.3) is 0 Å². The third-order valence-corrected chi connectivity index (χ3v) is 10.5. The zero-order valence-electron chi connectivity index (χ0n) is 28.2. The van der Waals surface area contributed by atoms with Crippen LogP contribution in [0.5, 0.6) is 0 Å². The Hall–Kier alpha value is -4.53. The average Bonchev–Trinajstić information content (AvgIpc) is 3.63. The highest BCUT2D eigenvalue weighted by atomic mass is 35.5. The van der Waals surface area contributed by atoms with Crippen molar-refractivity contribution in [2.24, 2.45) is 0 Å². The van der Waals surface area contributed by atoms with E-state index in [1.807, 2.05) is 72.8 Å². The lowest BCUT2D eigenvalue weighted by atomic mass is 10.0. The van der Waals surface area contributed by atoms with Crippen molar-refractivity contribution in [1.82, 2.24) is 9.97 Å². The predicted molar refractivity (Wildman–Crippen MR) is 207 cm³/mol. The van der Waals surface area contributed by atoms with Gasteiger partial charge in [-0.05, 0) is 48.5 Å². The SMILES string of the molecule is Clc1ccc(-c2cc(N3CCC4(CC3)OCCO4)c3ccccc3n2)cc1.O=C1CCN(c2cc(-c3ccc(Cl)cc3)nc3ccccc23)CC1. The number of benzene rings is 4. The van der Waals surface area contributed by atoms with Gasteiger partial charge in [0.15, 0.2) is 5.79 Å². The van der Waals surface area contributed by atoms with Crippen LogP contribution in [0.2, 0.25) is 10.0 Å². The molecule has 7 nitrogen and oxygen atoms in total. The number of ketones is 1. The number of Topliss-reactive ketones (excluding diaryl/α,β-unsaturated/α-hetero) is 1. The lowest BCUT2D eigenvalue weighted by Crippen LogP contribution is -2.45. The molecule has 0 aliphatic carbocycles. The molecule has 3 saturated heterocycles. The van der Waals surface area contributed by atoms with Gasteiger partial charge in [-0.1, -0.05) is 83.9 Å². The van der Waals surface area contributed by atoms with Gasteiger partial charge in [0.05, 0.1) is 35.6 Å². The van der Waals surface area contributed by atoms with Crippen LogP contribution in [0.4, 0.5) is 11.4 Å². The number of aromatic nitrogens is 2. The number of ether oxygens (including phenoxy) is 2. The van der Waals surface area contributed by atoms with Gasteiger partial charge in [-0.15, -0.1) is 0 Å². The highest BCUT2D eigenvalue weighted by Crippen LogP contribution is 2.37. The highest BCUT2D eigenvalue weighted by molar-refractivity contribution is 6.31. The second kappa shape index (κ2) is 14.6. The van der Waals surface area contributed by atoms with E-state index in [1.165, 1.54) is 11.1 Å². The van der Waals surface area contributed by atoms with Gasteiger partial charge in [0.1, 0.15) is 5.78 Å². The summed E-state index contributed by atoms with van der Waals surface area (Å²) < 4.78 is 11.8. The predicted octanol–water partition coefficient (Wildman–Crippen LogP) is 9.62. The maximum atomic E-state index is 11.6. The smallest absolute Gasteiger partial charge is 0.171 e. The summed E-state index contributed by atoms with van der Waals surface area (Å²) in [7, 11) is 0. The van der Waals surface area contributed by atoms with E-state index in [2.05, 4.69) is 46.2 Å². The number of pyridine rings is 2. The van der Waals surface area contributed by atoms with E-state index in [-0.39, 0.29) is 5.79 Å². The zero-order chi connectivity index (χ0) is 34.8. The molecular formula is C42H38Cl2N4O3. The fraction of sp³-hybridized carbons (Fsp3) is 0.262. The lowest BCUT2D eigenvalue weighted by Gasteiger charge is -2.39. The van der Waals surface area contributed by atoms with Gasteiger partial charge in [-0.2, -0.15) is 0 Å². The molecular weight excluding hydrogens is 679 g/mol. The summed E-state index contributed by atoms with van der Waals surface area (Å²) in [5.74, 6) is -0.0132. The van der Waals surface area contributed by atoms with Crippen LogP contribution in [0.3, 0.4) is 0 Å². The van der Waals surface area contributed by atoms with Crippen LogP contribution in [-0.4, -0.2) is 60.9 Å². The molecule has 0 unspecified atom stereocenters. The number of fused-ring (bicyclic) bond motifs is 2. The molecule has 0 saturated carbocycles. The van der Waals surface area contributed by atoms with E-state index in [4.69, 9.17) is 42.6 Å². The van der Waals surface area contributed by atoms with Gasteiger partial charge in [0, 0.05) is 95.2 Å². The van der Waals surface area contributed by atoms with Crippen molar-refractivity contribution >= 4 is 62.2 Å². The van der Waals surface area contributed by atoms with Crippen LogP contribution in [0.25, 0.3) is 44.3 Å². The molecule has 9 rings (SSSR count). The molecule has 6 aromatic rings. The standard InChI is InChI=1S/C22H21ClN2O2.C20H17ClN2O/c23-17-7-5-16(6-8-17)20-15-21(18-3-1-2-4-19(18)24-20)25-11-9-22(10-12-25)26-13-14-27-22;21-15-7-5-14(6-8-15)19-13-20(23-11-9-16(24)10-12-23)17-3-1-2-4-18(17)22-19/h1-8,15H,9-14H2;1-8,13H,9-12H2. The van der Waals surface area contributed by atoms with Gasteiger partial charge in [-0.25, -0.2) is 9.97 Å². The lowest BCUT2D eigenvalue weighted by molar-refractivity contribution is -0.169. The molecule has 0 atom stereocenters. The second-order valence-electron chi connectivity index (χ2n) is 13.2. The van der Waals surface area contributed by atoms with Crippen LogP contribution < -0.4 is 9.80 Å². The van der Waals surface area contributed by atoms with E-state index < -0.39 is 0 Å². The van der Waals surface area contributed by atoms with E-state index in [0.29, 0.717) is 36.9 Å². The third kappa shape index (κ3) is 7.30. The summed E-state index contributed by atoms with van der Waals surface area (Å²) >= 11 is 12.1. The first kappa shape index (κ1) is 33.6. The molecule has 3 fully saturated rings. The second-order valence-corrected chi connectivity index (χ2v) is 14.1. The van der Waals surface area contributed by atoms with E-state index in [0.717, 1.165) is 88.7 Å². The molecule has 0 N–H and O–H groups in total. The summed E-state index contributed by atoms with van der Waals surface area (Å²) in [6.45, 7) is 4.78. The van der Waals surface area contributed by atoms with Crippen molar-refractivity contribution in [1.29, 1.82) is 0 Å². The Bertz CT molecular complexity index is 2170. The van der Waals surface area contributed by atoms with Crippen molar-refractivity contribution in [2.75, 3.05) is 49.2 Å².